The maximum absolute atomic E-state index is 12.7. The van der Waals surface area contributed by atoms with E-state index in [-0.39, 0.29) is 22.3 Å². The maximum Gasteiger partial charge on any atom is 0.251 e. The number of nitrogens with one attached hydrogen (secondary N) is 1. The molecule has 0 saturated carbocycles. The topological polar surface area (TPSA) is 63.2 Å². The van der Waals surface area contributed by atoms with E-state index in [2.05, 4.69) is 31.3 Å². The summed E-state index contributed by atoms with van der Waals surface area (Å²) in [6, 6.07) is 14.4. The third kappa shape index (κ3) is 3.79. The van der Waals surface area contributed by atoms with Crippen LogP contribution in [-0.2, 0) is 15.3 Å². The van der Waals surface area contributed by atoms with Crippen LogP contribution >= 0.6 is 0 Å². The molecule has 0 aromatic heterocycles. The van der Waals surface area contributed by atoms with Gasteiger partial charge in [-0.1, -0.05) is 38.1 Å². The SMILES string of the molecule is CC(C)S(=O)(=O)c1ccc(C(=O)NC2CCC(C)(C)c3ccccc32)cc1. The van der Waals surface area contributed by atoms with Gasteiger partial charge in [-0.25, -0.2) is 8.42 Å². The van der Waals surface area contributed by atoms with Crippen molar-refractivity contribution >= 4 is 15.7 Å². The molecule has 144 valence electrons. The Kier molecular flexibility index (Phi) is 5.17. The molecule has 1 unspecified atom stereocenters. The molecule has 1 atom stereocenters. The van der Waals surface area contributed by atoms with Crippen LogP contribution in [0.5, 0.6) is 0 Å². The van der Waals surface area contributed by atoms with Crippen LogP contribution in [0.2, 0.25) is 0 Å². The molecule has 0 aliphatic heterocycles. The Bertz CT molecular complexity index is 944. The average Bonchev–Trinajstić information content (AvgIpc) is 2.64. The maximum atomic E-state index is 12.7. The molecule has 2 aromatic carbocycles. The lowest BCUT2D eigenvalue weighted by Gasteiger charge is -2.37. The van der Waals surface area contributed by atoms with Gasteiger partial charge in [-0.2, -0.15) is 0 Å². The minimum Gasteiger partial charge on any atom is -0.345 e. The number of carbonyl (C=O) groups is 1. The zero-order chi connectivity index (χ0) is 19.8. The highest BCUT2D eigenvalue weighted by atomic mass is 32.2. The van der Waals surface area contributed by atoms with Crippen LogP contribution in [0.15, 0.2) is 53.4 Å². The summed E-state index contributed by atoms with van der Waals surface area (Å²) < 4.78 is 24.5. The highest BCUT2D eigenvalue weighted by Crippen LogP contribution is 2.41. The highest BCUT2D eigenvalue weighted by molar-refractivity contribution is 7.92. The summed E-state index contributed by atoms with van der Waals surface area (Å²) >= 11 is 0. The number of fused-ring (bicyclic) bond motifs is 1. The number of hydrogen-bond acceptors (Lipinski definition) is 3. The summed E-state index contributed by atoms with van der Waals surface area (Å²) in [5.74, 6) is -0.178. The smallest absolute Gasteiger partial charge is 0.251 e. The molecule has 0 fully saturated rings. The first kappa shape index (κ1) is 19.6. The zero-order valence-corrected chi connectivity index (χ0v) is 17.1. The molecule has 2 aromatic rings. The molecule has 27 heavy (non-hydrogen) atoms. The third-order valence-corrected chi connectivity index (χ3v) is 7.66. The Morgan fingerprint density at radius 2 is 1.70 bits per heavy atom. The van der Waals surface area contributed by atoms with Gasteiger partial charge in [-0.05, 0) is 67.5 Å². The Balaban J connectivity index is 1.81. The summed E-state index contributed by atoms with van der Waals surface area (Å²) in [6.45, 7) is 7.77. The Morgan fingerprint density at radius 3 is 2.33 bits per heavy atom. The van der Waals surface area contributed by atoms with Crippen molar-refractivity contribution in [2.45, 2.75) is 62.1 Å². The standard InChI is InChI=1S/C22H27NO3S/c1-15(2)27(25,26)17-11-9-16(10-12-17)21(24)23-20-13-14-22(3,4)19-8-6-5-7-18(19)20/h5-12,15,20H,13-14H2,1-4H3,(H,23,24). The molecule has 3 rings (SSSR count). The molecular formula is C22H27NO3S. The van der Waals surface area contributed by atoms with E-state index in [0.29, 0.717) is 5.56 Å². The van der Waals surface area contributed by atoms with E-state index in [1.165, 1.54) is 23.3 Å². The van der Waals surface area contributed by atoms with E-state index in [0.717, 1.165) is 12.8 Å². The molecule has 0 saturated heterocycles. The van der Waals surface area contributed by atoms with Crippen LogP contribution in [0.1, 0.15) is 68.1 Å². The number of amides is 1. The molecule has 1 aliphatic carbocycles. The van der Waals surface area contributed by atoms with Gasteiger partial charge in [0.2, 0.25) is 0 Å². The number of carbonyl (C=O) groups excluding carboxylic acids is 1. The molecule has 4 nitrogen and oxygen atoms in total. The molecule has 1 amide bonds. The average molecular weight is 386 g/mol. The monoisotopic (exact) mass is 385 g/mol. The lowest BCUT2D eigenvalue weighted by Crippen LogP contribution is -2.35. The Labute approximate surface area is 161 Å². The summed E-state index contributed by atoms with van der Waals surface area (Å²) in [4.78, 5) is 13.0. The summed E-state index contributed by atoms with van der Waals surface area (Å²) in [5, 5.41) is 2.63. The van der Waals surface area contributed by atoms with Gasteiger partial charge in [0.15, 0.2) is 9.84 Å². The van der Waals surface area contributed by atoms with Crippen molar-refractivity contribution in [2.24, 2.45) is 0 Å². The predicted octanol–water partition coefficient (Wildman–Crippen LogP) is 4.41. The first-order chi connectivity index (χ1) is 12.6. The van der Waals surface area contributed by atoms with Crippen molar-refractivity contribution in [1.29, 1.82) is 0 Å². The Morgan fingerprint density at radius 1 is 1.07 bits per heavy atom. The van der Waals surface area contributed by atoms with E-state index in [9.17, 15) is 13.2 Å². The van der Waals surface area contributed by atoms with Crippen molar-refractivity contribution < 1.29 is 13.2 Å². The number of hydrogen-bond donors (Lipinski definition) is 1. The second kappa shape index (κ2) is 7.12. The highest BCUT2D eigenvalue weighted by Gasteiger charge is 2.33. The molecule has 5 heteroatoms. The minimum absolute atomic E-state index is 0.0270. The van der Waals surface area contributed by atoms with Gasteiger partial charge in [0.05, 0.1) is 16.2 Å². The fraction of sp³-hybridized carbons (Fsp3) is 0.409. The lowest BCUT2D eigenvalue weighted by molar-refractivity contribution is 0.0929. The molecular weight excluding hydrogens is 358 g/mol. The zero-order valence-electron chi connectivity index (χ0n) is 16.3. The lowest BCUT2D eigenvalue weighted by atomic mass is 9.71. The van der Waals surface area contributed by atoms with Gasteiger partial charge in [0.25, 0.3) is 5.91 Å². The van der Waals surface area contributed by atoms with Crippen molar-refractivity contribution in [1.82, 2.24) is 5.32 Å². The number of sulfone groups is 1. The molecule has 1 N–H and O–H groups in total. The molecule has 0 spiro atoms. The van der Waals surface area contributed by atoms with Crippen LogP contribution in [0.3, 0.4) is 0 Å². The summed E-state index contributed by atoms with van der Waals surface area (Å²) in [7, 11) is -3.33. The van der Waals surface area contributed by atoms with Crippen molar-refractivity contribution in [3.05, 3.63) is 65.2 Å². The van der Waals surface area contributed by atoms with Gasteiger partial charge >= 0.3 is 0 Å². The van der Waals surface area contributed by atoms with E-state index in [4.69, 9.17) is 0 Å². The molecule has 0 heterocycles. The fourth-order valence-electron chi connectivity index (χ4n) is 3.67. The van der Waals surface area contributed by atoms with Crippen molar-refractivity contribution in [2.75, 3.05) is 0 Å². The fourth-order valence-corrected chi connectivity index (χ4v) is 4.73. The van der Waals surface area contributed by atoms with Crippen molar-refractivity contribution in [3.8, 4) is 0 Å². The number of rotatable bonds is 4. The van der Waals surface area contributed by atoms with Crippen LogP contribution in [0.25, 0.3) is 0 Å². The first-order valence-corrected chi connectivity index (χ1v) is 10.9. The van der Waals surface area contributed by atoms with Gasteiger partial charge in [-0.15, -0.1) is 0 Å². The van der Waals surface area contributed by atoms with Crippen LogP contribution in [0, 0.1) is 0 Å². The summed E-state index contributed by atoms with van der Waals surface area (Å²) in [6.07, 6.45) is 1.89. The van der Waals surface area contributed by atoms with Gasteiger partial charge in [0, 0.05) is 5.56 Å². The van der Waals surface area contributed by atoms with E-state index < -0.39 is 15.1 Å². The second-order valence-corrected chi connectivity index (χ2v) is 10.7. The van der Waals surface area contributed by atoms with Gasteiger partial charge < -0.3 is 5.32 Å². The quantitative estimate of drug-likeness (QED) is 0.848. The van der Waals surface area contributed by atoms with Gasteiger partial charge in [0.1, 0.15) is 0 Å². The van der Waals surface area contributed by atoms with Crippen molar-refractivity contribution in [3.63, 3.8) is 0 Å². The second-order valence-electron chi connectivity index (χ2n) is 8.15. The van der Waals surface area contributed by atoms with E-state index in [1.54, 1.807) is 26.0 Å². The molecule has 1 aliphatic rings. The minimum atomic E-state index is -3.33. The number of benzene rings is 2. The van der Waals surface area contributed by atoms with Crippen LogP contribution in [-0.4, -0.2) is 19.6 Å². The predicted molar refractivity (Wildman–Crippen MR) is 108 cm³/mol. The Hall–Kier alpha value is -2.14. The largest absolute Gasteiger partial charge is 0.345 e. The molecule has 0 radical (unpaired) electrons. The van der Waals surface area contributed by atoms with E-state index >= 15 is 0 Å². The normalized spacial score (nSPS) is 18.8. The van der Waals surface area contributed by atoms with Crippen LogP contribution < -0.4 is 5.32 Å². The summed E-state index contributed by atoms with van der Waals surface area (Å²) in [5.41, 5.74) is 3.02. The van der Waals surface area contributed by atoms with E-state index in [1.807, 2.05) is 12.1 Å². The van der Waals surface area contributed by atoms with Gasteiger partial charge in [-0.3, -0.25) is 4.79 Å². The molecule has 0 bridgehead atoms. The third-order valence-electron chi connectivity index (χ3n) is 5.49. The van der Waals surface area contributed by atoms with Crippen LogP contribution in [0.4, 0.5) is 0 Å². The first-order valence-electron chi connectivity index (χ1n) is 9.37.